The molecule has 0 aliphatic heterocycles. The summed E-state index contributed by atoms with van der Waals surface area (Å²) >= 11 is 7.20. The molecular weight excluding hydrogens is 310 g/mol. The zero-order valence-corrected chi connectivity index (χ0v) is 13.1. The Kier molecular flexibility index (Phi) is 5.03. The number of rotatable bonds is 4. The molecule has 0 fully saturated rings. The smallest absolute Gasteiger partial charge is 0.251 e. The van der Waals surface area contributed by atoms with Crippen LogP contribution in [-0.2, 0) is 4.79 Å². The van der Waals surface area contributed by atoms with E-state index in [2.05, 4.69) is 15.3 Å². The fraction of sp³-hybridized carbons (Fsp3) is 0.214. The van der Waals surface area contributed by atoms with E-state index < -0.39 is 5.25 Å². The number of aromatic nitrogens is 2. The zero-order chi connectivity index (χ0) is 15.4. The van der Waals surface area contributed by atoms with E-state index >= 15 is 0 Å². The van der Waals surface area contributed by atoms with Crippen molar-refractivity contribution in [3.05, 3.63) is 51.4 Å². The Hall–Kier alpha value is -1.79. The van der Waals surface area contributed by atoms with Gasteiger partial charge < -0.3 is 10.3 Å². The molecule has 21 heavy (non-hydrogen) atoms. The number of H-pyrrole nitrogens is 1. The van der Waals surface area contributed by atoms with Crippen molar-refractivity contribution in [2.75, 3.05) is 5.32 Å². The van der Waals surface area contributed by atoms with E-state index in [-0.39, 0.29) is 11.5 Å². The highest BCUT2D eigenvalue weighted by molar-refractivity contribution is 8.00. The van der Waals surface area contributed by atoms with E-state index in [1.165, 1.54) is 24.0 Å². The van der Waals surface area contributed by atoms with Crippen LogP contribution in [0.5, 0.6) is 0 Å². The van der Waals surface area contributed by atoms with Gasteiger partial charge in [0.1, 0.15) is 0 Å². The van der Waals surface area contributed by atoms with Crippen molar-refractivity contribution >= 4 is 35.0 Å². The highest BCUT2D eigenvalue weighted by Gasteiger charge is 2.16. The summed E-state index contributed by atoms with van der Waals surface area (Å²) in [5, 5.41) is 3.42. The minimum Gasteiger partial charge on any atom is -0.325 e. The molecule has 1 atom stereocenters. The van der Waals surface area contributed by atoms with Crippen LogP contribution >= 0.6 is 23.4 Å². The third-order valence-electron chi connectivity index (χ3n) is 2.83. The fourth-order valence-corrected chi connectivity index (χ4v) is 2.57. The van der Waals surface area contributed by atoms with Gasteiger partial charge >= 0.3 is 0 Å². The van der Waals surface area contributed by atoms with E-state index in [9.17, 15) is 9.59 Å². The molecular formula is C14H14ClN3O2S. The van der Waals surface area contributed by atoms with E-state index in [1.54, 1.807) is 25.1 Å². The quantitative estimate of drug-likeness (QED) is 0.670. The van der Waals surface area contributed by atoms with Gasteiger partial charge in [-0.1, -0.05) is 29.4 Å². The number of amides is 1. The molecule has 0 bridgehead atoms. The lowest BCUT2D eigenvalue weighted by Crippen LogP contribution is -2.23. The summed E-state index contributed by atoms with van der Waals surface area (Å²) in [6.07, 6.45) is 1.41. The molecule has 2 rings (SSSR count). The van der Waals surface area contributed by atoms with Gasteiger partial charge in [0.15, 0.2) is 5.16 Å². The third-order valence-corrected chi connectivity index (χ3v) is 4.24. The van der Waals surface area contributed by atoms with Crippen molar-refractivity contribution in [1.82, 2.24) is 9.97 Å². The third kappa shape index (κ3) is 4.09. The second-order valence-corrected chi connectivity index (χ2v) is 6.14. The highest BCUT2D eigenvalue weighted by atomic mass is 35.5. The van der Waals surface area contributed by atoms with Crippen molar-refractivity contribution in [2.24, 2.45) is 0 Å². The first-order valence-corrected chi connectivity index (χ1v) is 7.51. The second kappa shape index (κ2) is 6.78. The number of carbonyl (C=O) groups is 1. The van der Waals surface area contributed by atoms with Crippen LogP contribution < -0.4 is 10.9 Å². The summed E-state index contributed by atoms with van der Waals surface area (Å²) < 4.78 is 0. The average Bonchev–Trinajstić information content (AvgIpc) is 2.44. The van der Waals surface area contributed by atoms with Crippen LogP contribution in [0.15, 0.2) is 40.4 Å². The Labute approximate surface area is 131 Å². The van der Waals surface area contributed by atoms with E-state index in [4.69, 9.17) is 11.6 Å². The largest absolute Gasteiger partial charge is 0.325 e. The van der Waals surface area contributed by atoms with Gasteiger partial charge in [-0.25, -0.2) is 4.98 Å². The molecule has 0 aliphatic rings. The summed E-state index contributed by atoms with van der Waals surface area (Å²) in [5.41, 5.74) is 1.25. The first kappa shape index (κ1) is 15.6. The Bertz CT molecular complexity index is 717. The van der Waals surface area contributed by atoms with E-state index in [1.807, 2.05) is 6.92 Å². The zero-order valence-electron chi connectivity index (χ0n) is 11.5. The molecule has 2 aromatic rings. The van der Waals surface area contributed by atoms with Gasteiger partial charge in [-0.05, 0) is 31.5 Å². The Morgan fingerprint density at radius 2 is 2.19 bits per heavy atom. The van der Waals surface area contributed by atoms with Crippen LogP contribution in [0.3, 0.4) is 0 Å². The maximum atomic E-state index is 12.2. The maximum absolute atomic E-state index is 12.2. The molecule has 1 aromatic heterocycles. The number of thioether (sulfide) groups is 1. The molecule has 0 unspecified atom stereocenters. The molecule has 0 saturated heterocycles. The number of benzene rings is 1. The van der Waals surface area contributed by atoms with Crippen LogP contribution in [0.2, 0.25) is 5.02 Å². The summed E-state index contributed by atoms with van der Waals surface area (Å²) in [4.78, 5) is 29.9. The van der Waals surface area contributed by atoms with Crippen LogP contribution in [0.1, 0.15) is 12.5 Å². The molecule has 1 amide bonds. The Balaban J connectivity index is 2.06. The molecule has 1 aromatic carbocycles. The number of carbonyl (C=O) groups excluding carboxylic acids is 1. The monoisotopic (exact) mass is 323 g/mol. The van der Waals surface area contributed by atoms with Gasteiger partial charge in [0.25, 0.3) is 5.56 Å². The van der Waals surface area contributed by atoms with Crippen molar-refractivity contribution < 1.29 is 4.79 Å². The number of nitrogens with one attached hydrogen (secondary N) is 2. The van der Waals surface area contributed by atoms with Gasteiger partial charge in [0.2, 0.25) is 5.91 Å². The number of halogens is 1. The summed E-state index contributed by atoms with van der Waals surface area (Å²) in [6.45, 7) is 3.58. The standard InChI is InChI=1S/C14H14ClN3O2S/c1-8-10(15)4-3-5-11(8)17-13(20)9(2)21-14-16-7-6-12(19)18-14/h3-7,9H,1-2H3,(H,17,20)(H,16,18,19)/t9-/m0/s1. The molecule has 7 heteroatoms. The molecule has 0 radical (unpaired) electrons. The SMILES string of the molecule is Cc1c(Cl)cccc1NC(=O)[C@H](C)Sc1nccc(=O)[nH]1. The topological polar surface area (TPSA) is 74.8 Å². The summed E-state index contributed by atoms with van der Waals surface area (Å²) in [6, 6.07) is 6.66. The summed E-state index contributed by atoms with van der Waals surface area (Å²) in [7, 11) is 0. The normalized spacial score (nSPS) is 12.0. The molecule has 0 aliphatic carbocycles. The predicted octanol–water partition coefficient (Wildman–Crippen LogP) is 2.85. The first-order chi connectivity index (χ1) is 9.97. The van der Waals surface area contributed by atoms with Crippen LogP contribution in [0.4, 0.5) is 5.69 Å². The number of aromatic amines is 1. The van der Waals surface area contributed by atoms with E-state index in [0.717, 1.165) is 5.56 Å². The van der Waals surface area contributed by atoms with Gasteiger partial charge in [0, 0.05) is 23.0 Å². The van der Waals surface area contributed by atoms with Crippen LogP contribution in [0, 0.1) is 6.92 Å². The van der Waals surface area contributed by atoms with Gasteiger partial charge in [-0.15, -0.1) is 0 Å². The first-order valence-electron chi connectivity index (χ1n) is 6.25. The predicted molar refractivity (Wildman–Crippen MR) is 85.0 cm³/mol. The number of hydrogen-bond donors (Lipinski definition) is 2. The minimum absolute atomic E-state index is 0.183. The lowest BCUT2D eigenvalue weighted by Gasteiger charge is -2.13. The Morgan fingerprint density at radius 1 is 1.43 bits per heavy atom. The molecule has 0 spiro atoms. The van der Waals surface area contributed by atoms with Crippen molar-refractivity contribution in [1.29, 1.82) is 0 Å². The number of anilines is 1. The maximum Gasteiger partial charge on any atom is 0.251 e. The lowest BCUT2D eigenvalue weighted by molar-refractivity contribution is -0.115. The molecule has 110 valence electrons. The van der Waals surface area contributed by atoms with Crippen molar-refractivity contribution in [3.63, 3.8) is 0 Å². The lowest BCUT2D eigenvalue weighted by atomic mass is 10.2. The van der Waals surface area contributed by atoms with E-state index in [0.29, 0.717) is 15.9 Å². The fourth-order valence-electron chi connectivity index (χ4n) is 1.61. The molecule has 0 saturated carbocycles. The number of nitrogens with zero attached hydrogens (tertiary/aromatic N) is 1. The van der Waals surface area contributed by atoms with Crippen molar-refractivity contribution in [3.8, 4) is 0 Å². The molecule has 1 heterocycles. The number of hydrogen-bond acceptors (Lipinski definition) is 4. The average molecular weight is 324 g/mol. The molecule has 2 N–H and O–H groups in total. The van der Waals surface area contributed by atoms with Gasteiger partial charge in [-0.2, -0.15) is 0 Å². The van der Waals surface area contributed by atoms with Gasteiger partial charge in [0.05, 0.1) is 5.25 Å². The Morgan fingerprint density at radius 3 is 2.90 bits per heavy atom. The second-order valence-electron chi connectivity index (χ2n) is 4.40. The van der Waals surface area contributed by atoms with Crippen LogP contribution in [0.25, 0.3) is 0 Å². The highest BCUT2D eigenvalue weighted by Crippen LogP contribution is 2.25. The van der Waals surface area contributed by atoms with Crippen molar-refractivity contribution in [2.45, 2.75) is 24.3 Å². The van der Waals surface area contributed by atoms with Crippen LogP contribution in [-0.4, -0.2) is 21.1 Å². The van der Waals surface area contributed by atoms with Gasteiger partial charge in [-0.3, -0.25) is 9.59 Å². The minimum atomic E-state index is -0.408. The molecule has 5 nitrogen and oxygen atoms in total. The summed E-state index contributed by atoms with van der Waals surface area (Å²) in [5.74, 6) is -0.183.